The molecule has 1 atom stereocenters. The van der Waals surface area contributed by atoms with Gasteiger partial charge in [-0.05, 0) is 74.2 Å². The van der Waals surface area contributed by atoms with Gasteiger partial charge in [-0.2, -0.15) is 0 Å². The van der Waals surface area contributed by atoms with E-state index in [-0.39, 0.29) is 23.8 Å². The zero-order valence-corrected chi connectivity index (χ0v) is 28.6. The van der Waals surface area contributed by atoms with Crippen molar-refractivity contribution in [3.8, 4) is 0 Å². The van der Waals surface area contributed by atoms with Crippen molar-refractivity contribution in [1.82, 2.24) is 10.2 Å². The van der Waals surface area contributed by atoms with Gasteiger partial charge in [0.05, 0.1) is 10.6 Å². The first kappa shape index (κ1) is 33.9. The first-order valence-electron chi connectivity index (χ1n) is 15.0. The molecule has 4 aromatic rings. The number of carbonyl (C=O) groups is 2. The van der Waals surface area contributed by atoms with Gasteiger partial charge in [0.25, 0.3) is 10.0 Å². The molecular weight excluding hydrogens is 650 g/mol. The summed E-state index contributed by atoms with van der Waals surface area (Å²) in [4.78, 5) is 29.9. The number of carbonyl (C=O) groups excluding carboxylic acids is 2. The number of nitrogens with zero attached hydrogens (tertiary/aromatic N) is 2. The topological polar surface area (TPSA) is 86.8 Å². The van der Waals surface area contributed by atoms with Gasteiger partial charge >= 0.3 is 0 Å². The van der Waals surface area contributed by atoms with Gasteiger partial charge in [-0.15, -0.1) is 0 Å². The lowest BCUT2D eigenvalue weighted by Crippen LogP contribution is -2.53. The predicted octanol–water partition coefficient (Wildman–Crippen LogP) is 6.74. The van der Waals surface area contributed by atoms with Crippen molar-refractivity contribution in [3.05, 3.63) is 129 Å². The van der Waals surface area contributed by atoms with Crippen molar-refractivity contribution in [2.24, 2.45) is 0 Å². The Kier molecular flexibility index (Phi) is 11.6. The summed E-state index contributed by atoms with van der Waals surface area (Å²) in [6.45, 7) is 7.71. The fraction of sp³-hybridized carbons (Fsp3) is 0.278. The third-order valence-electron chi connectivity index (χ3n) is 7.57. The molecule has 0 fully saturated rings. The Bertz CT molecular complexity index is 1730. The number of benzene rings is 4. The third kappa shape index (κ3) is 8.83. The molecule has 1 N–H and O–H groups in total. The minimum atomic E-state index is -4.16. The zero-order chi connectivity index (χ0) is 32.6. The second kappa shape index (κ2) is 15.4. The number of hydrogen-bond acceptors (Lipinski definition) is 4. The highest BCUT2D eigenvalue weighted by Crippen LogP contribution is 2.29. The van der Waals surface area contributed by atoms with Gasteiger partial charge in [-0.25, -0.2) is 8.42 Å². The third-order valence-corrected chi connectivity index (χ3v) is 9.84. The van der Waals surface area contributed by atoms with Crippen LogP contribution in [0.3, 0.4) is 0 Å². The van der Waals surface area contributed by atoms with E-state index in [0.29, 0.717) is 12.2 Å². The van der Waals surface area contributed by atoms with Crippen molar-refractivity contribution in [1.29, 1.82) is 0 Å². The quantitative estimate of drug-likeness (QED) is 0.169. The van der Waals surface area contributed by atoms with Gasteiger partial charge in [-0.1, -0.05) is 101 Å². The van der Waals surface area contributed by atoms with Crippen LogP contribution in [0.25, 0.3) is 0 Å². The number of halogens is 1. The van der Waals surface area contributed by atoms with Gasteiger partial charge in [-0.3, -0.25) is 13.9 Å². The van der Waals surface area contributed by atoms with Crippen LogP contribution in [0.15, 0.2) is 106 Å². The van der Waals surface area contributed by atoms with Crippen LogP contribution in [-0.4, -0.2) is 44.3 Å². The van der Waals surface area contributed by atoms with Crippen LogP contribution in [-0.2, 0) is 32.6 Å². The molecule has 4 rings (SSSR count). The molecule has 45 heavy (non-hydrogen) atoms. The molecule has 0 spiro atoms. The van der Waals surface area contributed by atoms with E-state index in [1.54, 1.807) is 30.3 Å². The molecule has 0 saturated carbocycles. The second-order valence-corrected chi connectivity index (χ2v) is 14.0. The maximum absolute atomic E-state index is 14.6. The highest BCUT2D eigenvalue weighted by atomic mass is 79.9. The van der Waals surface area contributed by atoms with Gasteiger partial charge in [0.15, 0.2) is 0 Å². The number of nitrogens with one attached hydrogen (secondary N) is 1. The van der Waals surface area contributed by atoms with Crippen LogP contribution in [0, 0.1) is 20.8 Å². The number of aryl methyl sites for hydroxylation is 3. The first-order chi connectivity index (χ1) is 21.5. The molecule has 0 bridgehead atoms. The lowest BCUT2D eigenvalue weighted by Gasteiger charge is -2.34. The summed E-state index contributed by atoms with van der Waals surface area (Å²) in [5.74, 6) is -0.776. The van der Waals surface area contributed by atoms with E-state index in [1.165, 1.54) is 9.21 Å². The Labute approximate surface area is 275 Å². The lowest BCUT2D eigenvalue weighted by atomic mass is 10.0. The van der Waals surface area contributed by atoms with Gasteiger partial charge in [0.1, 0.15) is 12.6 Å². The molecule has 2 amide bonds. The van der Waals surface area contributed by atoms with E-state index in [4.69, 9.17) is 0 Å². The SMILES string of the molecule is CCCNC(=O)C(Cc1ccccc1)N(Cc1cccc(Br)c1)C(=O)CN(c1ccc(C)cc1C)S(=O)(=O)c1ccc(C)cc1. The molecule has 0 aliphatic carbocycles. The van der Waals surface area contributed by atoms with E-state index in [1.807, 2.05) is 94.4 Å². The van der Waals surface area contributed by atoms with E-state index < -0.39 is 28.5 Å². The summed E-state index contributed by atoms with van der Waals surface area (Å²) < 4.78 is 30.5. The van der Waals surface area contributed by atoms with Gasteiger partial charge in [0.2, 0.25) is 11.8 Å². The summed E-state index contributed by atoms with van der Waals surface area (Å²) in [5.41, 5.74) is 4.72. The molecule has 4 aromatic carbocycles. The molecule has 0 heterocycles. The summed E-state index contributed by atoms with van der Waals surface area (Å²) in [7, 11) is -4.16. The number of amides is 2. The predicted molar refractivity (Wildman–Crippen MR) is 184 cm³/mol. The summed E-state index contributed by atoms with van der Waals surface area (Å²) in [6.07, 6.45) is 1.00. The first-order valence-corrected chi connectivity index (χ1v) is 17.2. The van der Waals surface area contributed by atoms with E-state index in [9.17, 15) is 18.0 Å². The largest absolute Gasteiger partial charge is 0.354 e. The maximum Gasteiger partial charge on any atom is 0.264 e. The van der Waals surface area contributed by atoms with Crippen LogP contribution in [0.5, 0.6) is 0 Å². The minimum absolute atomic E-state index is 0.0842. The molecule has 0 saturated heterocycles. The Morgan fingerprint density at radius 1 is 0.822 bits per heavy atom. The zero-order valence-electron chi connectivity index (χ0n) is 26.2. The smallest absolute Gasteiger partial charge is 0.264 e. The normalized spacial score (nSPS) is 11.9. The Balaban J connectivity index is 1.82. The molecule has 0 radical (unpaired) electrons. The van der Waals surface area contributed by atoms with Crippen LogP contribution < -0.4 is 9.62 Å². The molecule has 0 aromatic heterocycles. The average Bonchev–Trinajstić information content (AvgIpc) is 3.01. The van der Waals surface area contributed by atoms with Crippen molar-refractivity contribution >= 4 is 43.5 Å². The fourth-order valence-electron chi connectivity index (χ4n) is 5.19. The van der Waals surface area contributed by atoms with Crippen LogP contribution in [0.4, 0.5) is 5.69 Å². The highest BCUT2D eigenvalue weighted by molar-refractivity contribution is 9.10. The number of sulfonamides is 1. The maximum atomic E-state index is 14.6. The molecule has 0 aliphatic rings. The van der Waals surface area contributed by atoms with Gasteiger partial charge in [0, 0.05) is 24.0 Å². The lowest BCUT2D eigenvalue weighted by molar-refractivity contribution is -0.140. The van der Waals surface area contributed by atoms with E-state index >= 15 is 0 Å². The Morgan fingerprint density at radius 2 is 1.49 bits per heavy atom. The summed E-state index contributed by atoms with van der Waals surface area (Å²) in [6, 6.07) is 28.3. The van der Waals surface area contributed by atoms with Crippen molar-refractivity contribution in [2.45, 2.75) is 58.0 Å². The number of hydrogen-bond donors (Lipinski definition) is 1. The molecule has 7 nitrogen and oxygen atoms in total. The monoisotopic (exact) mass is 689 g/mol. The minimum Gasteiger partial charge on any atom is -0.354 e. The standard InChI is InChI=1S/C36H40BrN3O4S/c1-5-20-38-36(42)34(23-29-10-7-6-8-11-29)39(24-30-12-9-13-31(37)22-30)35(41)25-40(33-19-16-27(3)21-28(33)4)45(43,44)32-17-14-26(2)15-18-32/h6-19,21-22,34H,5,20,23-25H2,1-4H3,(H,38,42). The molecule has 1 unspecified atom stereocenters. The number of rotatable bonds is 13. The molecular formula is C36H40BrN3O4S. The molecule has 236 valence electrons. The Hall–Kier alpha value is -3.95. The van der Waals surface area contributed by atoms with Crippen molar-refractivity contribution < 1.29 is 18.0 Å². The Morgan fingerprint density at radius 3 is 2.13 bits per heavy atom. The molecule has 0 aliphatic heterocycles. The highest BCUT2D eigenvalue weighted by Gasteiger charge is 2.35. The summed E-state index contributed by atoms with van der Waals surface area (Å²) >= 11 is 3.51. The van der Waals surface area contributed by atoms with Crippen LogP contribution >= 0.6 is 15.9 Å². The number of anilines is 1. The summed E-state index contributed by atoms with van der Waals surface area (Å²) in [5, 5.41) is 2.97. The second-order valence-electron chi connectivity index (χ2n) is 11.3. The average molecular weight is 691 g/mol. The molecule has 9 heteroatoms. The van der Waals surface area contributed by atoms with E-state index in [0.717, 1.165) is 38.7 Å². The van der Waals surface area contributed by atoms with E-state index in [2.05, 4.69) is 21.2 Å². The van der Waals surface area contributed by atoms with Crippen molar-refractivity contribution in [2.75, 3.05) is 17.4 Å². The fourth-order valence-corrected chi connectivity index (χ4v) is 7.11. The van der Waals surface area contributed by atoms with Gasteiger partial charge < -0.3 is 10.2 Å². The van der Waals surface area contributed by atoms with Crippen LogP contribution in [0.1, 0.15) is 41.2 Å². The van der Waals surface area contributed by atoms with Crippen LogP contribution in [0.2, 0.25) is 0 Å². The van der Waals surface area contributed by atoms with Crippen molar-refractivity contribution in [3.63, 3.8) is 0 Å².